The van der Waals surface area contributed by atoms with Gasteiger partial charge in [-0.2, -0.15) is 0 Å². The summed E-state index contributed by atoms with van der Waals surface area (Å²) in [6.07, 6.45) is 5.16. The summed E-state index contributed by atoms with van der Waals surface area (Å²) in [6.45, 7) is 4.42. The van der Waals surface area contributed by atoms with E-state index in [1.807, 2.05) is 0 Å². The van der Waals surface area contributed by atoms with Gasteiger partial charge in [0.25, 0.3) is 0 Å². The van der Waals surface area contributed by atoms with Crippen molar-refractivity contribution in [2.45, 2.75) is 45.6 Å². The summed E-state index contributed by atoms with van der Waals surface area (Å²) in [5.74, 6) is 2.46. The van der Waals surface area contributed by atoms with Gasteiger partial charge in [-0.15, -0.1) is 0 Å². The lowest BCUT2D eigenvalue weighted by Gasteiger charge is -2.10. The Hall–Kier alpha value is -0.0400. The van der Waals surface area contributed by atoms with E-state index in [-0.39, 0.29) is 0 Å². The van der Waals surface area contributed by atoms with Gasteiger partial charge >= 0.3 is 0 Å². The summed E-state index contributed by atoms with van der Waals surface area (Å²) in [4.78, 5) is 0. The summed E-state index contributed by atoms with van der Waals surface area (Å²) in [7, 11) is 0. The van der Waals surface area contributed by atoms with Crippen LogP contribution in [0.25, 0.3) is 0 Å². The van der Waals surface area contributed by atoms with Gasteiger partial charge < -0.3 is 5.73 Å². The Morgan fingerprint density at radius 2 is 2.10 bits per heavy atom. The fourth-order valence-corrected chi connectivity index (χ4v) is 1.88. The zero-order valence-electron chi connectivity index (χ0n) is 7.06. The molecule has 1 heteroatoms. The van der Waals surface area contributed by atoms with Gasteiger partial charge in [-0.1, -0.05) is 13.8 Å². The van der Waals surface area contributed by atoms with Crippen LogP contribution in [-0.2, 0) is 0 Å². The normalized spacial score (nSPS) is 33.6. The van der Waals surface area contributed by atoms with Crippen molar-refractivity contribution in [2.75, 3.05) is 0 Å². The molecule has 0 saturated heterocycles. The van der Waals surface area contributed by atoms with Crippen LogP contribution < -0.4 is 5.73 Å². The van der Waals surface area contributed by atoms with Gasteiger partial charge in [0, 0.05) is 6.04 Å². The third kappa shape index (κ3) is 2.30. The summed E-state index contributed by atoms with van der Waals surface area (Å²) in [6, 6.07) is 0.504. The van der Waals surface area contributed by atoms with Crippen LogP contribution in [0.5, 0.6) is 0 Å². The average molecular weight is 140 g/mol. The van der Waals surface area contributed by atoms with Crippen molar-refractivity contribution < 1.29 is 0 Å². The molecule has 1 aliphatic carbocycles. The molecule has 1 radical (unpaired) electrons. The lowest BCUT2D eigenvalue weighted by atomic mass is 9.96. The molecule has 0 aromatic carbocycles. The fourth-order valence-electron chi connectivity index (χ4n) is 1.88. The molecule has 1 nitrogen and oxygen atoms in total. The second-order valence-corrected chi connectivity index (χ2v) is 3.85. The first kappa shape index (κ1) is 8.06. The molecule has 0 spiro atoms. The molecule has 1 aliphatic rings. The highest BCUT2D eigenvalue weighted by Crippen LogP contribution is 2.29. The van der Waals surface area contributed by atoms with Crippen molar-refractivity contribution in [3.8, 4) is 0 Å². The highest BCUT2D eigenvalue weighted by atomic mass is 14.6. The smallest absolute Gasteiger partial charge is 0.00415 e. The van der Waals surface area contributed by atoms with Gasteiger partial charge in [-0.05, 0) is 37.5 Å². The number of hydrogen-bond acceptors (Lipinski definition) is 1. The Morgan fingerprint density at radius 3 is 2.50 bits per heavy atom. The summed E-state index contributed by atoms with van der Waals surface area (Å²) in [5, 5.41) is 0. The van der Waals surface area contributed by atoms with Gasteiger partial charge in [0.15, 0.2) is 0 Å². The first-order valence-corrected chi connectivity index (χ1v) is 4.23. The first-order valence-electron chi connectivity index (χ1n) is 4.23. The maximum absolute atomic E-state index is 5.79. The van der Waals surface area contributed by atoms with E-state index >= 15 is 0 Å². The van der Waals surface area contributed by atoms with E-state index in [0.29, 0.717) is 6.04 Å². The maximum Gasteiger partial charge on any atom is 0.00415 e. The molecule has 1 rings (SSSR count). The van der Waals surface area contributed by atoms with Crippen LogP contribution in [-0.4, -0.2) is 6.04 Å². The van der Waals surface area contributed by atoms with E-state index in [0.717, 1.165) is 5.92 Å². The second-order valence-electron chi connectivity index (χ2n) is 3.85. The van der Waals surface area contributed by atoms with Gasteiger partial charge in [-0.3, -0.25) is 0 Å². The Bertz CT molecular complexity index is 98.9. The largest absolute Gasteiger partial charge is 0.328 e. The minimum Gasteiger partial charge on any atom is -0.328 e. The lowest BCUT2D eigenvalue weighted by Crippen LogP contribution is -2.14. The second kappa shape index (κ2) is 3.38. The Labute approximate surface area is 64.0 Å². The number of hydrogen-bond donors (Lipinski definition) is 1. The average Bonchev–Trinajstić information content (AvgIpc) is 2.13. The van der Waals surface area contributed by atoms with E-state index in [4.69, 9.17) is 5.73 Å². The minimum absolute atomic E-state index is 0.504. The van der Waals surface area contributed by atoms with Crippen molar-refractivity contribution in [3.63, 3.8) is 0 Å². The predicted molar refractivity (Wildman–Crippen MR) is 44.5 cm³/mol. The SMILES string of the molecule is C[C](C)CC1CCC(N)C1. The predicted octanol–water partition coefficient (Wildman–Crippen LogP) is 2.12. The third-order valence-electron chi connectivity index (χ3n) is 2.28. The molecule has 1 fully saturated rings. The molecule has 0 amide bonds. The first-order chi connectivity index (χ1) is 4.68. The minimum atomic E-state index is 0.504. The topological polar surface area (TPSA) is 26.0 Å². The van der Waals surface area contributed by atoms with Crippen LogP contribution in [0.3, 0.4) is 0 Å². The van der Waals surface area contributed by atoms with Crippen LogP contribution in [0.1, 0.15) is 39.5 Å². The molecule has 0 heterocycles. The molecule has 0 aliphatic heterocycles. The molecule has 10 heavy (non-hydrogen) atoms. The van der Waals surface area contributed by atoms with Crippen molar-refractivity contribution >= 4 is 0 Å². The molecule has 0 aromatic rings. The standard InChI is InChI=1S/C9H18N/c1-7(2)5-8-3-4-9(10)6-8/h8-9H,3-6,10H2,1-2H3. The third-order valence-corrected chi connectivity index (χ3v) is 2.28. The van der Waals surface area contributed by atoms with E-state index in [2.05, 4.69) is 13.8 Å². The fraction of sp³-hybridized carbons (Fsp3) is 0.889. The monoisotopic (exact) mass is 140 g/mol. The van der Waals surface area contributed by atoms with Crippen molar-refractivity contribution in [3.05, 3.63) is 5.92 Å². The van der Waals surface area contributed by atoms with Crippen LogP contribution in [0, 0.1) is 11.8 Å². The molecule has 2 N–H and O–H groups in total. The maximum atomic E-state index is 5.79. The van der Waals surface area contributed by atoms with Crippen molar-refractivity contribution in [1.29, 1.82) is 0 Å². The van der Waals surface area contributed by atoms with Gasteiger partial charge in [0.05, 0.1) is 0 Å². The van der Waals surface area contributed by atoms with Gasteiger partial charge in [-0.25, -0.2) is 0 Å². The number of nitrogens with two attached hydrogens (primary N) is 1. The molecule has 2 unspecified atom stereocenters. The molecule has 1 saturated carbocycles. The molecular formula is C9H18N. The zero-order valence-corrected chi connectivity index (χ0v) is 7.06. The molecular weight excluding hydrogens is 122 g/mol. The number of rotatable bonds is 2. The Morgan fingerprint density at radius 1 is 1.40 bits per heavy atom. The van der Waals surface area contributed by atoms with Gasteiger partial charge in [0.2, 0.25) is 0 Å². The van der Waals surface area contributed by atoms with E-state index in [1.54, 1.807) is 5.92 Å². The van der Waals surface area contributed by atoms with Crippen molar-refractivity contribution in [1.82, 2.24) is 0 Å². The molecule has 0 aromatic heterocycles. The van der Waals surface area contributed by atoms with Crippen molar-refractivity contribution in [2.24, 2.45) is 11.7 Å². The summed E-state index contributed by atoms with van der Waals surface area (Å²) in [5.41, 5.74) is 5.79. The highest BCUT2D eigenvalue weighted by molar-refractivity contribution is 4.86. The quantitative estimate of drug-likeness (QED) is 0.624. The Kier molecular flexibility index (Phi) is 2.72. The molecule has 2 atom stereocenters. The van der Waals surface area contributed by atoms with Crippen LogP contribution in [0.4, 0.5) is 0 Å². The van der Waals surface area contributed by atoms with E-state index in [9.17, 15) is 0 Å². The van der Waals surface area contributed by atoms with Crippen LogP contribution in [0.15, 0.2) is 0 Å². The Balaban J connectivity index is 2.18. The van der Waals surface area contributed by atoms with E-state index in [1.165, 1.54) is 25.7 Å². The van der Waals surface area contributed by atoms with E-state index < -0.39 is 0 Å². The van der Waals surface area contributed by atoms with Crippen LogP contribution in [0.2, 0.25) is 0 Å². The molecule has 0 bridgehead atoms. The highest BCUT2D eigenvalue weighted by Gasteiger charge is 2.21. The molecule has 59 valence electrons. The van der Waals surface area contributed by atoms with Crippen LogP contribution >= 0.6 is 0 Å². The summed E-state index contributed by atoms with van der Waals surface area (Å²) >= 11 is 0. The zero-order chi connectivity index (χ0) is 7.56. The lowest BCUT2D eigenvalue weighted by molar-refractivity contribution is 0.506. The van der Waals surface area contributed by atoms with Gasteiger partial charge in [0.1, 0.15) is 0 Å². The summed E-state index contributed by atoms with van der Waals surface area (Å²) < 4.78 is 0.